The summed E-state index contributed by atoms with van der Waals surface area (Å²) in [5.74, 6) is 1.53. The molecule has 3 heterocycles. The fourth-order valence-corrected chi connectivity index (χ4v) is 3.78. The molecule has 35 heavy (non-hydrogen) atoms. The van der Waals surface area contributed by atoms with Crippen molar-refractivity contribution in [3.63, 3.8) is 0 Å². The van der Waals surface area contributed by atoms with Crippen molar-refractivity contribution < 1.29 is 9.72 Å². The van der Waals surface area contributed by atoms with Crippen molar-refractivity contribution in [2.24, 2.45) is 0 Å². The quantitative estimate of drug-likeness (QED) is 0.175. The van der Waals surface area contributed by atoms with Gasteiger partial charge >= 0.3 is 6.03 Å². The Bertz CT molecular complexity index is 1190. The number of carbonyl (C=O) groups is 1. The standard InChI is InChI=1S/C22H24BrN9O3/c23-18-14-27-21(28-15-4-3-5-16(12-15)29-22(33)31-10-1-2-11-31)30-20(18)25-9-8-24-19-7-6-17(13-26-19)32(34)35/h3-7,12-14H,1-2,8-11H2,(H,24,26)(H,29,33)(H2,25,27,28,30). The average molecular weight is 542 g/mol. The van der Waals surface area contributed by atoms with Crippen molar-refractivity contribution in [3.8, 4) is 0 Å². The smallest absolute Gasteiger partial charge is 0.321 e. The number of halogens is 1. The van der Waals surface area contributed by atoms with Gasteiger partial charge < -0.3 is 26.2 Å². The molecule has 4 rings (SSSR count). The number of rotatable bonds is 9. The van der Waals surface area contributed by atoms with E-state index in [4.69, 9.17) is 0 Å². The van der Waals surface area contributed by atoms with Crippen LogP contribution in [0.15, 0.2) is 53.3 Å². The first-order chi connectivity index (χ1) is 17.0. The minimum absolute atomic E-state index is 0.0573. The largest absolute Gasteiger partial charge is 0.368 e. The Labute approximate surface area is 209 Å². The molecule has 1 aliphatic rings. The minimum Gasteiger partial charge on any atom is -0.368 e. The summed E-state index contributed by atoms with van der Waals surface area (Å²) in [5.41, 5.74) is 1.37. The van der Waals surface area contributed by atoms with Crippen LogP contribution in [0.5, 0.6) is 0 Å². The third kappa shape index (κ3) is 6.76. The summed E-state index contributed by atoms with van der Waals surface area (Å²) in [4.78, 5) is 37.2. The number of carbonyl (C=O) groups excluding carboxylic acids is 1. The average Bonchev–Trinajstić information content (AvgIpc) is 3.39. The van der Waals surface area contributed by atoms with E-state index in [0.29, 0.717) is 40.8 Å². The number of nitrogens with one attached hydrogen (secondary N) is 4. The summed E-state index contributed by atoms with van der Waals surface area (Å²) in [5, 5.41) is 23.1. The zero-order valence-corrected chi connectivity index (χ0v) is 20.3. The molecule has 2 amide bonds. The molecule has 13 heteroatoms. The normalized spacial score (nSPS) is 12.8. The molecular weight excluding hydrogens is 518 g/mol. The van der Waals surface area contributed by atoms with Crippen molar-refractivity contribution in [2.75, 3.05) is 47.4 Å². The third-order valence-corrected chi connectivity index (χ3v) is 5.77. The Balaban J connectivity index is 1.30. The number of urea groups is 1. The lowest BCUT2D eigenvalue weighted by Gasteiger charge is -2.16. The lowest BCUT2D eigenvalue weighted by atomic mass is 10.3. The maximum Gasteiger partial charge on any atom is 0.321 e. The van der Waals surface area contributed by atoms with Crippen LogP contribution >= 0.6 is 15.9 Å². The van der Waals surface area contributed by atoms with E-state index < -0.39 is 4.92 Å². The molecule has 3 aromatic rings. The van der Waals surface area contributed by atoms with Gasteiger partial charge in [0.2, 0.25) is 5.95 Å². The Morgan fingerprint density at radius 1 is 1.06 bits per heavy atom. The second kappa shape index (κ2) is 11.4. The van der Waals surface area contributed by atoms with Gasteiger partial charge in [-0.2, -0.15) is 4.98 Å². The predicted octanol–water partition coefficient (Wildman–Crippen LogP) is 4.44. The molecule has 0 unspecified atom stereocenters. The van der Waals surface area contributed by atoms with Crippen molar-refractivity contribution in [3.05, 3.63) is 63.4 Å². The van der Waals surface area contributed by atoms with Crippen LogP contribution in [0.3, 0.4) is 0 Å². The number of nitro groups is 1. The second-order valence-corrected chi connectivity index (χ2v) is 8.59. The fourth-order valence-electron chi connectivity index (χ4n) is 3.45. The molecule has 0 atom stereocenters. The third-order valence-electron chi connectivity index (χ3n) is 5.19. The highest BCUT2D eigenvalue weighted by atomic mass is 79.9. The van der Waals surface area contributed by atoms with E-state index in [1.165, 1.54) is 12.3 Å². The van der Waals surface area contributed by atoms with Gasteiger partial charge in [-0.3, -0.25) is 10.1 Å². The zero-order valence-electron chi connectivity index (χ0n) is 18.7. The first-order valence-corrected chi connectivity index (χ1v) is 11.8. The molecule has 1 fully saturated rings. The SMILES string of the molecule is O=C(Nc1cccc(Nc2ncc(Br)c(NCCNc3ccc([N+](=O)[O-])cn3)n2)c1)N1CCCC1. The van der Waals surface area contributed by atoms with Crippen LogP contribution in [0.25, 0.3) is 0 Å². The predicted molar refractivity (Wildman–Crippen MR) is 137 cm³/mol. The van der Waals surface area contributed by atoms with Crippen molar-refractivity contribution in [1.29, 1.82) is 0 Å². The zero-order chi connectivity index (χ0) is 24.6. The Kier molecular flexibility index (Phi) is 7.88. The molecule has 0 radical (unpaired) electrons. The van der Waals surface area contributed by atoms with Gasteiger partial charge in [0, 0.05) is 49.8 Å². The Hall–Kier alpha value is -4.00. The number of pyridine rings is 1. The van der Waals surface area contributed by atoms with E-state index in [-0.39, 0.29) is 11.7 Å². The number of hydrogen-bond acceptors (Lipinski definition) is 9. The summed E-state index contributed by atoms with van der Waals surface area (Å²) in [6.45, 7) is 2.60. The molecule has 0 saturated carbocycles. The summed E-state index contributed by atoms with van der Waals surface area (Å²) in [6.07, 6.45) is 4.93. The summed E-state index contributed by atoms with van der Waals surface area (Å²) in [6, 6.07) is 10.2. The van der Waals surface area contributed by atoms with Gasteiger partial charge in [0.15, 0.2) is 0 Å². The van der Waals surface area contributed by atoms with E-state index in [1.807, 2.05) is 29.2 Å². The number of anilines is 5. The maximum absolute atomic E-state index is 12.3. The Morgan fingerprint density at radius 2 is 1.83 bits per heavy atom. The molecule has 1 saturated heterocycles. The summed E-state index contributed by atoms with van der Waals surface area (Å²) in [7, 11) is 0. The number of amides is 2. The molecular formula is C22H24BrN9O3. The number of likely N-dealkylation sites (tertiary alicyclic amines) is 1. The molecule has 0 aliphatic carbocycles. The van der Waals surface area contributed by atoms with Crippen LogP contribution in [0, 0.1) is 10.1 Å². The van der Waals surface area contributed by atoms with Gasteiger partial charge in [-0.05, 0) is 53.0 Å². The molecule has 1 aliphatic heterocycles. The molecule has 4 N–H and O–H groups in total. The van der Waals surface area contributed by atoms with Gasteiger partial charge in [-0.1, -0.05) is 6.07 Å². The number of aromatic nitrogens is 3. The second-order valence-electron chi connectivity index (χ2n) is 7.73. The first kappa shape index (κ1) is 24.1. The van der Waals surface area contributed by atoms with E-state index >= 15 is 0 Å². The first-order valence-electron chi connectivity index (χ1n) is 11.0. The number of nitrogens with zero attached hydrogens (tertiary/aromatic N) is 5. The van der Waals surface area contributed by atoms with E-state index in [1.54, 1.807) is 12.3 Å². The molecule has 182 valence electrons. The van der Waals surface area contributed by atoms with Gasteiger partial charge in [0.05, 0.1) is 9.40 Å². The van der Waals surface area contributed by atoms with Gasteiger partial charge in [-0.15, -0.1) is 0 Å². The Morgan fingerprint density at radius 3 is 2.57 bits per heavy atom. The van der Waals surface area contributed by atoms with Crippen molar-refractivity contribution in [1.82, 2.24) is 19.9 Å². The molecule has 2 aromatic heterocycles. The topological polar surface area (TPSA) is 150 Å². The highest BCUT2D eigenvalue weighted by molar-refractivity contribution is 9.10. The van der Waals surface area contributed by atoms with Crippen molar-refractivity contribution >= 4 is 56.6 Å². The maximum atomic E-state index is 12.3. The lowest BCUT2D eigenvalue weighted by molar-refractivity contribution is -0.385. The summed E-state index contributed by atoms with van der Waals surface area (Å²) < 4.78 is 0.697. The van der Waals surface area contributed by atoms with Gasteiger partial charge in [0.25, 0.3) is 5.69 Å². The van der Waals surface area contributed by atoms with Crippen LogP contribution < -0.4 is 21.3 Å². The molecule has 12 nitrogen and oxygen atoms in total. The highest BCUT2D eigenvalue weighted by Gasteiger charge is 2.17. The monoisotopic (exact) mass is 541 g/mol. The van der Waals surface area contributed by atoms with E-state index in [9.17, 15) is 14.9 Å². The van der Waals surface area contributed by atoms with E-state index in [0.717, 1.165) is 31.6 Å². The highest BCUT2D eigenvalue weighted by Crippen LogP contribution is 2.23. The number of hydrogen-bond donors (Lipinski definition) is 4. The van der Waals surface area contributed by atoms with Crippen LogP contribution in [0.2, 0.25) is 0 Å². The minimum atomic E-state index is -0.489. The molecule has 0 bridgehead atoms. The van der Waals surface area contributed by atoms with Crippen LogP contribution in [0.1, 0.15) is 12.8 Å². The molecule has 1 aromatic carbocycles. The van der Waals surface area contributed by atoms with E-state index in [2.05, 4.69) is 52.1 Å². The van der Waals surface area contributed by atoms with Gasteiger partial charge in [0.1, 0.15) is 17.8 Å². The van der Waals surface area contributed by atoms with Crippen molar-refractivity contribution in [2.45, 2.75) is 12.8 Å². The fraction of sp³-hybridized carbons (Fsp3) is 0.273. The van der Waals surface area contributed by atoms with Crippen LogP contribution in [-0.4, -0.2) is 57.0 Å². The van der Waals surface area contributed by atoms with Gasteiger partial charge in [-0.25, -0.2) is 14.8 Å². The van der Waals surface area contributed by atoms with Crippen LogP contribution in [-0.2, 0) is 0 Å². The number of benzene rings is 1. The molecule has 0 spiro atoms. The summed E-state index contributed by atoms with van der Waals surface area (Å²) >= 11 is 3.44. The lowest BCUT2D eigenvalue weighted by Crippen LogP contribution is -2.32. The van der Waals surface area contributed by atoms with Crippen LogP contribution in [0.4, 0.5) is 39.4 Å².